The Labute approximate surface area is 139 Å². The molecule has 0 saturated heterocycles. The number of hydrogen-bond donors (Lipinski definition) is 1. The summed E-state index contributed by atoms with van der Waals surface area (Å²) in [5, 5.41) is 6.54. The van der Waals surface area contributed by atoms with Crippen molar-refractivity contribution < 1.29 is 18.5 Å². The lowest BCUT2D eigenvalue weighted by Gasteiger charge is -2.06. The summed E-state index contributed by atoms with van der Waals surface area (Å²) in [7, 11) is 0. The van der Waals surface area contributed by atoms with E-state index in [1.54, 1.807) is 26.0 Å². The summed E-state index contributed by atoms with van der Waals surface area (Å²) in [5.41, 5.74) is 2.23. The smallest absolute Gasteiger partial charge is 0.291 e. The van der Waals surface area contributed by atoms with E-state index in [1.165, 1.54) is 0 Å². The number of carbonyl (C=O) groups excluding carboxylic acids is 1. The van der Waals surface area contributed by atoms with Crippen molar-refractivity contribution in [3.63, 3.8) is 0 Å². The Morgan fingerprint density at radius 1 is 1.17 bits per heavy atom. The van der Waals surface area contributed by atoms with Crippen LogP contribution in [0.1, 0.15) is 33.3 Å². The van der Waals surface area contributed by atoms with Crippen molar-refractivity contribution in [2.24, 2.45) is 0 Å². The van der Waals surface area contributed by atoms with Crippen LogP contribution in [0.2, 0.25) is 0 Å². The SMILES string of the molecule is Cc1ccccc1OCc1ccc(C(=O)Nc2c(C)noc2C)o1. The van der Waals surface area contributed by atoms with Gasteiger partial charge in [-0.2, -0.15) is 0 Å². The predicted octanol–water partition coefficient (Wildman–Crippen LogP) is 4.02. The number of amides is 1. The van der Waals surface area contributed by atoms with Crippen molar-refractivity contribution in [2.75, 3.05) is 5.32 Å². The average molecular weight is 326 g/mol. The molecule has 0 atom stereocenters. The zero-order valence-electron chi connectivity index (χ0n) is 13.8. The van der Waals surface area contributed by atoms with Crippen LogP contribution in [0, 0.1) is 20.8 Å². The van der Waals surface area contributed by atoms with Crippen molar-refractivity contribution in [2.45, 2.75) is 27.4 Å². The second kappa shape index (κ2) is 6.62. The number of nitrogens with one attached hydrogen (secondary N) is 1. The third-order valence-corrected chi connectivity index (χ3v) is 3.62. The van der Waals surface area contributed by atoms with E-state index in [9.17, 15) is 4.79 Å². The van der Waals surface area contributed by atoms with Crippen molar-refractivity contribution in [3.8, 4) is 5.75 Å². The fraction of sp³-hybridized carbons (Fsp3) is 0.222. The lowest BCUT2D eigenvalue weighted by molar-refractivity contribution is 0.0992. The molecule has 0 fully saturated rings. The van der Waals surface area contributed by atoms with Gasteiger partial charge in [0.1, 0.15) is 29.5 Å². The first-order valence-electron chi connectivity index (χ1n) is 7.56. The highest BCUT2D eigenvalue weighted by Crippen LogP contribution is 2.21. The summed E-state index contributed by atoms with van der Waals surface area (Å²) in [5.74, 6) is 1.76. The molecular weight excluding hydrogens is 308 g/mol. The van der Waals surface area contributed by atoms with Gasteiger partial charge >= 0.3 is 0 Å². The van der Waals surface area contributed by atoms with Crippen LogP contribution in [0.15, 0.2) is 45.3 Å². The molecular formula is C18H18N2O4. The average Bonchev–Trinajstić information content (AvgIpc) is 3.16. The number of aryl methyl sites for hydroxylation is 3. The molecule has 1 aromatic carbocycles. The Balaban J connectivity index is 1.65. The largest absolute Gasteiger partial charge is 0.485 e. The highest BCUT2D eigenvalue weighted by Gasteiger charge is 2.16. The minimum atomic E-state index is -0.355. The molecule has 0 unspecified atom stereocenters. The quantitative estimate of drug-likeness (QED) is 0.766. The summed E-state index contributed by atoms with van der Waals surface area (Å²) in [4.78, 5) is 12.2. The number of benzene rings is 1. The maximum absolute atomic E-state index is 12.2. The zero-order chi connectivity index (χ0) is 17.1. The Kier molecular flexibility index (Phi) is 4.37. The van der Waals surface area contributed by atoms with Crippen molar-refractivity contribution in [1.82, 2.24) is 5.16 Å². The molecule has 0 aliphatic rings. The minimum absolute atomic E-state index is 0.207. The molecule has 6 nitrogen and oxygen atoms in total. The van der Waals surface area contributed by atoms with E-state index in [1.807, 2.05) is 31.2 Å². The van der Waals surface area contributed by atoms with Crippen LogP contribution < -0.4 is 10.1 Å². The monoisotopic (exact) mass is 326 g/mol. The molecule has 3 aromatic rings. The lowest BCUT2D eigenvalue weighted by Crippen LogP contribution is -2.12. The van der Waals surface area contributed by atoms with Gasteiger partial charge in [0.2, 0.25) is 0 Å². The Hall–Kier alpha value is -3.02. The van der Waals surface area contributed by atoms with Crippen molar-refractivity contribution >= 4 is 11.6 Å². The predicted molar refractivity (Wildman–Crippen MR) is 88.1 cm³/mol. The normalized spacial score (nSPS) is 10.6. The molecule has 0 radical (unpaired) electrons. The van der Waals surface area contributed by atoms with Gasteiger partial charge < -0.3 is 19.0 Å². The van der Waals surface area contributed by atoms with Gasteiger partial charge in [-0.25, -0.2) is 0 Å². The fourth-order valence-corrected chi connectivity index (χ4v) is 2.28. The zero-order valence-corrected chi connectivity index (χ0v) is 13.8. The number of anilines is 1. The molecule has 0 aliphatic heterocycles. The van der Waals surface area contributed by atoms with Gasteiger partial charge in [-0.05, 0) is 44.5 Å². The van der Waals surface area contributed by atoms with Crippen LogP contribution >= 0.6 is 0 Å². The van der Waals surface area contributed by atoms with E-state index in [-0.39, 0.29) is 18.3 Å². The van der Waals surface area contributed by atoms with Gasteiger partial charge in [-0.3, -0.25) is 4.79 Å². The summed E-state index contributed by atoms with van der Waals surface area (Å²) in [6.45, 7) is 5.72. The van der Waals surface area contributed by atoms with E-state index in [0.29, 0.717) is 22.9 Å². The number of carbonyl (C=O) groups is 1. The number of ether oxygens (including phenoxy) is 1. The van der Waals surface area contributed by atoms with Gasteiger partial charge in [0.15, 0.2) is 11.5 Å². The van der Waals surface area contributed by atoms with E-state index in [4.69, 9.17) is 13.7 Å². The van der Waals surface area contributed by atoms with Crippen LogP contribution in [0.3, 0.4) is 0 Å². The molecule has 3 rings (SSSR count). The van der Waals surface area contributed by atoms with Crippen LogP contribution in [-0.2, 0) is 6.61 Å². The molecule has 24 heavy (non-hydrogen) atoms. The molecule has 1 amide bonds. The molecule has 124 valence electrons. The molecule has 1 N–H and O–H groups in total. The number of hydrogen-bond acceptors (Lipinski definition) is 5. The number of para-hydroxylation sites is 1. The maximum atomic E-state index is 12.2. The standard InChI is InChI=1S/C18H18N2O4/c1-11-6-4-5-7-15(11)22-10-14-8-9-16(23-14)18(21)19-17-12(2)20-24-13(17)3/h4-9H,10H2,1-3H3,(H,19,21). The first-order chi connectivity index (χ1) is 11.5. The van der Waals surface area contributed by atoms with E-state index in [2.05, 4.69) is 10.5 Å². The topological polar surface area (TPSA) is 77.5 Å². The lowest BCUT2D eigenvalue weighted by atomic mass is 10.2. The number of aromatic nitrogens is 1. The van der Waals surface area contributed by atoms with Gasteiger partial charge in [0.25, 0.3) is 5.91 Å². The van der Waals surface area contributed by atoms with E-state index < -0.39 is 0 Å². The first kappa shape index (κ1) is 15.9. The van der Waals surface area contributed by atoms with Gasteiger partial charge in [-0.15, -0.1) is 0 Å². The molecule has 0 bridgehead atoms. The van der Waals surface area contributed by atoms with Crippen LogP contribution in [0.5, 0.6) is 5.75 Å². The van der Waals surface area contributed by atoms with Crippen LogP contribution in [-0.4, -0.2) is 11.1 Å². The van der Waals surface area contributed by atoms with Crippen molar-refractivity contribution in [3.05, 3.63) is 64.9 Å². The molecule has 0 saturated carbocycles. The summed E-state index contributed by atoms with van der Waals surface area (Å²) >= 11 is 0. The number of nitrogens with zero attached hydrogens (tertiary/aromatic N) is 1. The number of furan rings is 1. The minimum Gasteiger partial charge on any atom is -0.485 e. The molecule has 0 aliphatic carbocycles. The van der Waals surface area contributed by atoms with E-state index in [0.717, 1.165) is 11.3 Å². The third-order valence-electron chi connectivity index (χ3n) is 3.62. The van der Waals surface area contributed by atoms with Gasteiger partial charge in [-0.1, -0.05) is 23.4 Å². The fourth-order valence-electron chi connectivity index (χ4n) is 2.28. The molecule has 6 heteroatoms. The number of rotatable bonds is 5. The van der Waals surface area contributed by atoms with Gasteiger partial charge in [0.05, 0.1) is 0 Å². The third kappa shape index (κ3) is 3.32. The van der Waals surface area contributed by atoms with E-state index >= 15 is 0 Å². The maximum Gasteiger partial charge on any atom is 0.291 e. The van der Waals surface area contributed by atoms with Crippen LogP contribution in [0.25, 0.3) is 0 Å². The molecule has 2 aromatic heterocycles. The molecule has 2 heterocycles. The second-order valence-corrected chi connectivity index (χ2v) is 5.47. The Bertz CT molecular complexity index is 844. The summed E-state index contributed by atoms with van der Waals surface area (Å²) in [6.07, 6.45) is 0. The summed E-state index contributed by atoms with van der Waals surface area (Å²) < 4.78 is 16.3. The van der Waals surface area contributed by atoms with Crippen molar-refractivity contribution in [1.29, 1.82) is 0 Å². The van der Waals surface area contributed by atoms with Crippen LogP contribution in [0.4, 0.5) is 5.69 Å². The highest BCUT2D eigenvalue weighted by molar-refractivity contribution is 6.02. The molecule has 0 spiro atoms. The Morgan fingerprint density at radius 3 is 2.67 bits per heavy atom. The second-order valence-electron chi connectivity index (χ2n) is 5.47. The summed E-state index contributed by atoms with van der Waals surface area (Å²) in [6, 6.07) is 11.1. The first-order valence-corrected chi connectivity index (χ1v) is 7.56. The highest BCUT2D eigenvalue weighted by atomic mass is 16.5. The Morgan fingerprint density at radius 2 is 1.96 bits per heavy atom. The van der Waals surface area contributed by atoms with Gasteiger partial charge in [0, 0.05) is 0 Å².